The maximum Gasteiger partial charge on any atom is 0.274 e. The second-order valence-corrected chi connectivity index (χ2v) is 3.53. The first kappa shape index (κ1) is 13.8. The monoisotopic (exact) mass is 249 g/mol. The van der Waals surface area contributed by atoms with Crippen LogP contribution in [0.5, 0.6) is 11.5 Å². The van der Waals surface area contributed by atoms with Crippen molar-refractivity contribution in [2.45, 2.75) is 19.4 Å². The van der Waals surface area contributed by atoms with E-state index in [0.29, 0.717) is 23.5 Å². The van der Waals surface area contributed by atoms with Gasteiger partial charge in [0.25, 0.3) is 5.91 Å². The molecule has 1 rings (SSSR count). The van der Waals surface area contributed by atoms with Crippen LogP contribution in [0.15, 0.2) is 18.2 Å². The molecule has 0 saturated carbocycles. The van der Waals surface area contributed by atoms with Crippen LogP contribution in [0.3, 0.4) is 0 Å². The number of benzene rings is 1. The lowest BCUT2D eigenvalue weighted by Gasteiger charge is -2.16. The van der Waals surface area contributed by atoms with Crippen molar-refractivity contribution in [3.05, 3.63) is 23.8 Å². The predicted octanol–water partition coefficient (Wildman–Crippen LogP) is 0.714. The molecule has 1 aromatic carbocycles. The van der Waals surface area contributed by atoms with Gasteiger partial charge in [-0.1, -0.05) is 6.92 Å². The van der Waals surface area contributed by atoms with Crippen LogP contribution in [0.25, 0.3) is 0 Å². The van der Waals surface area contributed by atoms with Crippen LogP contribution in [0, 0.1) is 11.3 Å². The maximum atomic E-state index is 11.4. The van der Waals surface area contributed by atoms with Gasteiger partial charge in [0, 0.05) is 6.07 Å². The maximum absolute atomic E-state index is 11.4. The number of hydrogen-bond donors (Lipinski definition) is 2. The minimum atomic E-state index is -0.700. The molecule has 6 heteroatoms. The summed E-state index contributed by atoms with van der Waals surface area (Å²) in [5.74, 6) is 5.52. The number of ether oxygens (including phenoxy) is 2. The molecule has 0 radical (unpaired) electrons. The van der Waals surface area contributed by atoms with Crippen molar-refractivity contribution in [3.63, 3.8) is 0 Å². The smallest absolute Gasteiger partial charge is 0.274 e. The molecule has 0 bridgehead atoms. The quantitative estimate of drug-likeness (QED) is 0.455. The average Bonchev–Trinajstić information content (AvgIpc) is 2.43. The molecular formula is C12H15N3O3. The second-order valence-electron chi connectivity index (χ2n) is 3.53. The van der Waals surface area contributed by atoms with E-state index in [1.54, 1.807) is 19.1 Å². The Morgan fingerprint density at radius 3 is 2.67 bits per heavy atom. The first-order chi connectivity index (χ1) is 8.64. The molecule has 96 valence electrons. The van der Waals surface area contributed by atoms with Gasteiger partial charge in [0.1, 0.15) is 11.5 Å². The van der Waals surface area contributed by atoms with Gasteiger partial charge >= 0.3 is 0 Å². The number of nitrogens with two attached hydrogens (primary N) is 1. The van der Waals surface area contributed by atoms with Gasteiger partial charge in [-0.15, -0.1) is 0 Å². The second kappa shape index (κ2) is 6.47. The number of nitrogens with zero attached hydrogens (tertiary/aromatic N) is 1. The van der Waals surface area contributed by atoms with Crippen molar-refractivity contribution in [3.8, 4) is 17.6 Å². The number of nitriles is 1. The van der Waals surface area contributed by atoms with Crippen LogP contribution in [0.1, 0.15) is 18.9 Å². The number of amides is 1. The first-order valence-electron chi connectivity index (χ1n) is 5.40. The fourth-order valence-electron chi connectivity index (χ4n) is 1.40. The van der Waals surface area contributed by atoms with Crippen LogP contribution in [0.4, 0.5) is 0 Å². The van der Waals surface area contributed by atoms with E-state index in [2.05, 4.69) is 0 Å². The Hall–Kier alpha value is -2.26. The van der Waals surface area contributed by atoms with E-state index in [-0.39, 0.29) is 0 Å². The van der Waals surface area contributed by atoms with Crippen molar-refractivity contribution in [2.24, 2.45) is 5.84 Å². The summed E-state index contributed by atoms with van der Waals surface area (Å²) in [5, 5.41) is 8.87. The van der Waals surface area contributed by atoms with Crippen LogP contribution >= 0.6 is 0 Å². The lowest BCUT2D eigenvalue weighted by molar-refractivity contribution is -0.128. The van der Waals surface area contributed by atoms with E-state index in [9.17, 15) is 4.79 Å². The van der Waals surface area contributed by atoms with Gasteiger partial charge < -0.3 is 9.47 Å². The molecule has 0 saturated heterocycles. The molecule has 0 heterocycles. The van der Waals surface area contributed by atoms with Gasteiger partial charge in [0.2, 0.25) is 0 Å². The third-order valence-electron chi connectivity index (χ3n) is 2.33. The molecule has 1 atom stereocenters. The topological polar surface area (TPSA) is 97.4 Å². The highest BCUT2D eigenvalue weighted by Crippen LogP contribution is 2.23. The number of nitrogens with one attached hydrogen (secondary N) is 1. The summed E-state index contributed by atoms with van der Waals surface area (Å²) in [6.45, 7) is 1.80. The number of methoxy groups -OCH3 is 1. The molecule has 1 unspecified atom stereocenters. The van der Waals surface area contributed by atoms with Gasteiger partial charge in [-0.05, 0) is 18.6 Å². The number of carbonyl (C=O) groups is 1. The lowest BCUT2D eigenvalue weighted by Crippen LogP contribution is -2.41. The zero-order chi connectivity index (χ0) is 13.5. The number of hydrazine groups is 1. The van der Waals surface area contributed by atoms with Crippen molar-refractivity contribution in [2.75, 3.05) is 7.11 Å². The number of carbonyl (C=O) groups excluding carboxylic acids is 1. The van der Waals surface area contributed by atoms with Crippen LogP contribution < -0.4 is 20.7 Å². The van der Waals surface area contributed by atoms with Gasteiger partial charge in [-0.25, -0.2) is 5.84 Å². The highest BCUT2D eigenvalue weighted by Gasteiger charge is 2.17. The molecule has 0 fully saturated rings. The molecular weight excluding hydrogens is 234 g/mol. The van der Waals surface area contributed by atoms with Gasteiger partial charge in [-0.2, -0.15) is 5.26 Å². The Labute approximate surface area is 105 Å². The molecule has 0 aromatic heterocycles. The third kappa shape index (κ3) is 3.37. The highest BCUT2D eigenvalue weighted by atomic mass is 16.5. The minimum Gasteiger partial charge on any atom is -0.497 e. The van der Waals surface area contributed by atoms with E-state index >= 15 is 0 Å². The van der Waals surface area contributed by atoms with E-state index in [1.807, 2.05) is 11.5 Å². The fourth-order valence-corrected chi connectivity index (χ4v) is 1.40. The summed E-state index contributed by atoms with van der Waals surface area (Å²) in [6.07, 6.45) is -0.240. The van der Waals surface area contributed by atoms with E-state index in [4.69, 9.17) is 20.6 Å². The largest absolute Gasteiger partial charge is 0.497 e. The minimum absolute atomic E-state index is 0.390. The standard InChI is InChI=1S/C12H15N3O3/c1-3-11(12(16)15-14)18-10-5-8(7-13)4-9(6-10)17-2/h4-6,11H,3,14H2,1-2H3,(H,15,16). The Morgan fingerprint density at radius 2 is 2.17 bits per heavy atom. The van der Waals surface area contributed by atoms with Gasteiger partial charge in [0.05, 0.1) is 18.7 Å². The predicted molar refractivity (Wildman–Crippen MR) is 64.7 cm³/mol. The van der Waals surface area contributed by atoms with Crippen LogP contribution in [-0.2, 0) is 4.79 Å². The third-order valence-corrected chi connectivity index (χ3v) is 2.33. The summed E-state index contributed by atoms with van der Waals surface area (Å²) in [4.78, 5) is 11.4. The van der Waals surface area contributed by atoms with E-state index in [0.717, 1.165) is 0 Å². The van der Waals surface area contributed by atoms with Crippen molar-refractivity contribution < 1.29 is 14.3 Å². The fraction of sp³-hybridized carbons (Fsp3) is 0.333. The van der Waals surface area contributed by atoms with E-state index < -0.39 is 12.0 Å². The molecule has 0 aliphatic carbocycles. The molecule has 0 aliphatic heterocycles. The van der Waals surface area contributed by atoms with Crippen LogP contribution in [0.2, 0.25) is 0 Å². The SMILES string of the molecule is CCC(Oc1cc(C#N)cc(OC)c1)C(=O)NN. The lowest BCUT2D eigenvalue weighted by atomic mass is 10.2. The van der Waals surface area contributed by atoms with Gasteiger partial charge in [-0.3, -0.25) is 10.2 Å². The number of rotatable bonds is 5. The Morgan fingerprint density at radius 1 is 1.50 bits per heavy atom. The van der Waals surface area contributed by atoms with Gasteiger partial charge in [0.15, 0.2) is 6.10 Å². The molecule has 1 amide bonds. The normalized spacial score (nSPS) is 11.2. The molecule has 6 nitrogen and oxygen atoms in total. The molecule has 3 N–H and O–H groups in total. The van der Waals surface area contributed by atoms with E-state index in [1.165, 1.54) is 13.2 Å². The Bertz CT molecular complexity index is 468. The molecule has 0 aliphatic rings. The Balaban J connectivity index is 2.95. The number of hydrogen-bond acceptors (Lipinski definition) is 5. The highest BCUT2D eigenvalue weighted by molar-refractivity contribution is 5.80. The summed E-state index contributed by atoms with van der Waals surface area (Å²) in [5.41, 5.74) is 2.43. The summed E-state index contributed by atoms with van der Waals surface area (Å²) < 4.78 is 10.5. The summed E-state index contributed by atoms with van der Waals surface area (Å²) >= 11 is 0. The zero-order valence-corrected chi connectivity index (χ0v) is 10.3. The molecule has 1 aromatic rings. The summed E-state index contributed by atoms with van der Waals surface area (Å²) in [6, 6.07) is 6.71. The summed E-state index contributed by atoms with van der Waals surface area (Å²) in [7, 11) is 1.49. The molecule has 0 spiro atoms. The average molecular weight is 249 g/mol. The van der Waals surface area contributed by atoms with Crippen LogP contribution in [-0.4, -0.2) is 19.1 Å². The van der Waals surface area contributed by atoms with Crippen molar-refractivity contribution >= 4 is 5.91 Å². The molecule has 18 heavy (non-hydrogen) atoms. The van der Waals surface area contributed by atoms with Crippen molar-refractivity contribution in [1.29, 1.82) is 5.26 Å². The first-order valence-corrected chi connectivity index (χ1v) is 5.40. The Kier molecular flexibility index (Phi) is 4.96. The zero-order valence-electron chi connectivity index (χ0n) is 10.3. The van der Waals surface area contributed by atoms with Crippen molar-refractivity contribution in [1.82, 2.24) is 5.43 Å².